The molecule has 0 bridgehead atoms. The predicted molar refractivity (Wildman–Crippen MR) is 70.3 cm³/mol. The Labute approximate surface area is 107 Å². The Bertz CT molecular complexity index is 577. The third-order valence-electron chi connectivity index (χ3n) is 2.43. The van der Waals surface area contributed by atoms with Gasteiger partial charge >= 0.3 is 0 Å². The Hall–Kier alpha value is -1.65. The van der Waals surface area contributed by atoms with Crippen molar-refractivity contribution >= 4 is 10.1 Å². The average Bonchev–Trinajstić information content (AvgIpc) is 2.38. The van der Waals surface area contributed by atoms with Gasteiger partial charge in [0.1, 0.15) is 5.75 Å². The Balaban J connectivity index is 1.96. The highest BCUT2D eigenvalue weighted by molar-refractivity contribution is 7.85. The van der Waals surface area contributed by atoms with Crippen LogP contribution in [0.4, 0.5) is 0 Å². The standard InChI is InChI=1S/C14H14O3S/c15-18(16,12-14-9-5-2-6-10-14)17-11-13-7-3-1-4-8-13/h1-10H,11-12H2. The third kappa shape index (κ3) is 3.98. The minimum atomic E-state index is -3.53. The quantitative estimate of drug-likeness (QED) is 0.778. The van der Waals surface area contributed by atoms with Crippen LogP contribution in [0.5, 0.6) is 0 Å². The maximum absolute atomic E-state index is 11.8. The van der Waals surface area contributed by atoms with Gasteiger partial charge in [-0.1, -0.05) is 60.7 Å². The zero-order valence-corrected chi connectivity index (χ0v) is 10.6. The molecule has 0 saturated carbocycles. The zero-order chi connectivity index (χ0) is 12.8. The predicted octanol–water partition coefficient (Wildman–Crippen LogP) is 2.73. The van der Waals surface area contributed by atoms with Crippen LogP contribution in [-0.4, -0.2) is 8.42 Å². The van der Waals surface area contributed by atoms with Gasteiger partial charge in [-0.2, -0.15) is 8.42 Å². The minimum Gasteiger partial charge on any atom is -0.265 e. The molecule has 3 nitrogen and oxygen atoms in total. The first-order chi connectivity index (χ1) is 8.66. The molecular weight excluding hydrogens is 248 g/mol. The van der Waals surface area contributed by atoms with Crippen LogP contribution in [0.15, 0.2) is 60.7 Å². The van der Waals surface area contributed by atoms with Crippen LogP contribution < -0.4 is 0 Å². The van der Waals surface area contributed by atoms with Gasteiger partial charge in [0.25, 0.3) is 10.1 Å². The lowest BCUT2D eigenvalue weighted by atomic mass is 10.2. The second-order valence-corrected chi connectivity index (χ2v) is 5.58. The van der Waals surface area contributed by atoms with E-state index < -0.39 is 10.1 Å². The molecule has 0 saturated heterocycles. The fourth-order valence-electron chi connectivity index (χ4n) is 1.55. The molecule has 2 aromatic carbocycles. The van der Waals surface area contributed by atoms with E-state index in [4.69, 9.17) is 4.18 Å². The Kier molecular flexibility index (Phi) is 4.12. The first-order valence-corrected chi connectivity index (χ1v) is 7.18. The van der Waals surface area contributed by atoms with Gasteiger partial charge in [0, 0.05) is 0 Å². The smallest absolute Gasteiger partial charge is 0.265 e. The van der Waals surface area contributed by atoms with E-state index in [2.05, 4.69) is 0 Å². The van der Waals surface area contributed by atoms with Crippen LogP contribution in [-0.2, 0) is 26.7 Å². The van der Waals surface area contributed by atoms with Crippen molar-refractivity contribution in [2.45, 2.75) is 12.4 Å². The molecule has 2 rings (SSSR count). The molecule has 0 amide bonds. The van der Waals surface area contributed by atoms with Crippen molar-refractivity contribution in [1.82, 2.24) is 0 Å². The van der Waals surface area contributed by atoms with Crippen molar-refractivity contribution in [2.75, 3.05) is 0 Å². The van der Waals surface area contributed by atoms with E-state index in [1.807, 2.05) is 48.5 Å². The van der Waals surface area contributed by atoms with Crippen molar-refractivity contribution in [1.29, 1.82) is 0 Å². The van der Waals surface area contributed by atoms with Crippen LogP contribution in [0.25, 0.3) is 0 Å². The normalized spacial score (nSPS) is 11.3. The summed E-state index contributed by atoms with van der Waals surface area (Å²) in [6, 6.07) is 18.2. The second kappa shape index (κ2) is 5.80. The molecule has 94 valence electrons. The van der Waals surface area contributed by atoms with E-state index >= 15 is 0 Å². The molecule has 0 spiro atoms. The van der Waals surface area contributed by atoms with Gasteiger partial charge in [0.2, 0.25) is 0 Å². The van der Waals surface area contributed by atoms with Crippen LogP contribution in [0, 0.1) is 0 Å². The monoisotopic (exact) mass is 262 g/mol. The van der Waals surface area contributed by atoms with E-state index in [0.717, 1.165) is 11.1 Å². The maximum Gasteiger partial charge on any atom is 0.271 e. The number of hydrogen-bond acceptors (Lipinski definition) is 3. The molecule has 0 heterocycles. The number of benzene rings is 2. The summed E-state index contributed by atoms with van der Waals surface area (Å²) in [7, 11) is -3.53. The van der Waals surface area contributed by atoms with Crippen molar-refractivity contribution < 1.29 is 12.6 Å². The van der Waals surface area contributed by atoms with Gasteiger partial charge in [-0.15, -0.1) is 0 Å². The zero-order valence-electron chi connectivity index (χ0n) is 9.82. The molecule has 18 heavy (non-hydrogen) atoms. The molecule has 0 N–H and O–H groups in total. The van der Waals surface area contributed by atoms with E-state index in [0.29, 0.717) is 0 Å². The molecule has 0 unspecified atom stereocenters. The lowest BCUT2D eigenvalue weighted by molar-refractivity contribution is 0.307. The van der Waals surface area contributed by atoms with Crippen LogP contribution in [0.2, 0.25) is 0 Å². The summed E-state index contributed by atoms with van der Waals surface area (Å²) in [6.45, 7) is 0.0794. The van der Waals surface area contributed by atoms with Gasteiger partial charge in [0.15, 0.2) is 0 Å². The Morgan fingerprint density at radius 2 is 1.28 bits per heavy atom. The topological polar surface area (TPSA) is 43.4 Å². The molecule has 0 fully saturated rings. The molecule has 4 heteroatoms. The lowest BCUT2D eigenvalue weighted by Crippen LogP contribution is -2.08. The summed E-state index contributed by atoms with van der Waals surface area (Å²) in [4.78, 5) is 0. The first kappa shape index (κ1) is 12.8. The highest BCUT2D eigenvalue weighted by Crippen LogP contribution is 2.10. The Morgan fingerprint density at radius 3 is 1.83 bits per heavy atom. The molecule has 0 aliphatic heterocycles. The van der Waals surface area contributed by atoms with E-state index in [9.17, 15) is 8.42 Å². The van der Waals surface area contributed by atoms with Gasteiger partial charge in [0.05, 0.1) is 6.61 Å². The summed E-state index contributed by atoms with van der Waals surface area (Å²) < 4.78 is 28.5. The summed E-state index contributed by atoms with van der Waals surface area (Å²) in [6.07, 6.45) is 0. The van der Waals surface area contributed by atoms with E-state index in [1.165, 1.54) is 0 Å². The van der Waals surface area contributed by atoms with Gasteiger partial charge in [-0.25, -0.2) is 0 Å². The van der Waals surface area contributed by atoms with Crippen LogP contribution >= 0.6 is 0 Å². The van der Waals surface area contributed by atoms with Crippen molar-refractivity contribution in [3.8, 4) is 0 Å². The molecule has 0 atom stereocenters. The summed E-state index contributed by atoms with van der Waals surface area (Å²) in [5.74, 6) is -0.0966. The third-order valence-corrected chi connectivity index (χ3v) is 3.60. The van der Waals surface area contributed by atoms with E-state index in [-0.39, 0.29) is 12.4 Å². The molecule has 0 radical (unpaired) electrons. The number of hydrogen-bond donors (Lipinski definition) is 0. The van der Waals surface area contributed by atoms with E-state index in [1.54, 1.807) is 12.1 Å². The van der Waals surface area contributed by atoms with Gasteiger partial charge in [-0.3, -0.25) is 4.18 Å². The average molecular weight is 262 g/mol. The van der Waals surface area contributed by atoms with Crippen LogP contribution in [0.1, 0.15) is 11.1 Å². The van der Waals surface area contributed by atoms with Crippen molar-refractivity contribution in [2.24, 2.45) is 0 Å². The minimum absolute atomic E-state index is 0.0794. The lowest BCUT2D eigenvalue weighted by Gasteiger charge is -2.05. The van der Waals surface area contributed by atoms with Gasteiger partial charge in [-0.05, 0) is 11.1 Å². The molecule has 0 aliphatic carbocycles. The molecule has 0 aliphatic rings. The highest BCUT2D eigenvalue weighted by atomic mass is 32.2. The van der Waals surface area contributed by atoms with Crippen molar-refractivity contribution in [3.63, 3.8) is 0 Å². The SMILES string of the molecule is O=S(=O)(Cc1ccccc1)OCc1ccccc1. The largest absolute Gasteiger partial charge is 0.271 e. The van der Waals surface area contributed by atoms with Crippen molar-refractivity contribution in [3.05, 3.63) is 71.8 Å². The first-order valence-electron chi connectivity index (χ1n) is 5.61. The van der Waals surface area contributed by atoms with Gasteiger partial charge < -0.3 is 0 Å². The maximum atomic E-state index is 11.8. The fourth-order valence-corrected chi connectivity index (χ4v) is 2.55. The second-order valence-electron chi connectivity index (χ2n) is 3.94. The van der Waals surface area contributed by atoms with Crippen LogP contribution in [0.3, 0.4) is 0 Å². The summed E-state index contributed by atoms with van der Waals surface area (Å²) in [5, 5.41) is 0. The highest BCUT2D eigenvalue weighted by Gasteiger charge is 2.12. The summed E-state index contributed by atoms with van der Waals surface area (Å²) >= 11 is 0. The molecule has 0 aromatic heterocycles. The fraction of sp³-hybridized carbons (Fsp3) is 0.143. The molecular formula is C14H14O3S. The molecule has 2 aromatic rings. The summed E-state index contributed by atoms with van der Waals surface area (Å²) in [5.41, 5.74) is 1.57. The Morgan fingerprint density at radius 1 is 0.778 bits per heavy atom. The number of rotatable bonds is 5.